The SMILES string of the molecule is CCCC(O)(CCC)CNC(=O)C1(C(=O)O)CC1. The van der Waals surface area contributed by atoms with E-state index in [-0.39, 0.29) is 6.54 Å². The fourth-order valence-electron chi connectivity index (χ4n) is 2.31. The summed E-state index contributed by atoms with van der Waals surface area (Å²) in [5, 5.41) is 21.9. The van der Waals surface area contributed by atoms with E-state index in [2.05, 4.69) is 5.32 Å². The first-order valence-electron chi connectivity index (χ1n) is 6.64. The summed E-state index contributed by atoms with van der Waals surface area (Å²) in [7, 11) is 0. The van der Waals surface area contributed by atoms with Crippen LogP contribution in [0, 0.1) is 5.41 Å². The molecule has 0 heterocycles. The molecule has 3 N–H and O–H groups in total. The van der Waals surface area contributed by atoms with E-state index >= 15 is 0 Å². The van der Waals surface area contributed by atoms with Crippen LogP contribution < -0.4 is 5.32 Å². The highest BCUT2D eigenvalue weighted by atomic mass is 16.4. The minimum atomic E-state index is -1.22. The summed E-state index contributed by atoms with van der Waals surface area (Å²) in [6.45, 7) is 4.09. The summed E-state index contributed by atoms with van der Waals surface area (Å²) >= 11 is 0. The summed E-state index contributed by atoms with van der Waals surface area (Å²) < 4.78 is 0. The average Bonchev–Trinajstić information content (AvgIpc) is 3.08. The summed E-state index contributed by atoms with van der Waals surface area (Å²) in [6, 6.07) is 0. The number of carboxylic acids is 1. The Kier molecular flexibility index (Phi) is 4.73. The van der Waals surface area contributed by atoms with Crippen molar-refractivity contribution >= 4 is 11.9 Å². The lowest BCUT2D eigenvalue weighted by Crippen LogP contribution is -2.46. The van der Waals surface area contributed by atoms with Gasteiger partial charge >= 0.3 is 5.97 Å². The topological polar surface area (TPSA) is 86.6 Å². The molecule has 18 heavy (non-hydrogen) atoms. The van der Waals surface area contributed by atoms with Gasteiger partial charge in [0.2, 0.25) is 5.91 Å². The van der Waals surface area contributed by atoms with Crippen LogP contribution in [-0.4, -0.2) is 34.2 Å². The highest BCUT2D eigenvalue weighted by Crippen LogP contribution is 2.46. The number of rotatable bonds is 8. The Balaban J connectivity index is 2.52. The van der Waals surface area contributed by atoms with Gasteiger partial charge in [-0.05, 0) is 25.7 Å². The maximum atomic E-state index is 11.8. The molecule has 0 aromatic carbocycles. The van der Waals surface area contributed by atoms with Gasteiger partial charge in [-0.1, -0.05) is 26.7 Å². The molecule has 0 spiro atoms. The van der Waals surface area contributed by atoms with Gasteiger partial charge in [-0.25, -0.2) is 0 Å². The Morgan fingerprint density at radius 1 is 1.22 bits per heavy atom. The van der Waals surface area contributed by atoms with Crippen molar-refractivity contribution in [3.05, 3.63) is 0 Å². The van der Waals surface area contributed by atoms with Crippen molar-refractivity contribution in [3.63, 3.8) is 0 Å². The predicted molar refractivity (Wildman–Crippen MR) is 67.1 cm³/mol. The van der Waals surface area contributed by atoms with Crippen LogP contribution in [0.3, 0.4) is 0 Å². The number of carboxylic acid groups (broad SMARTS) is 1. The lowest BCUT2D eigenvalue weighted by Gasteiger charge is -2.28. The van der Waals surface area contributed by atoms with Crippen molar-refractivity contribution in [2.75, 3.05) is 6.54 Å². The van der Waals surface area contributed by atoms with Crippen LogP contribution in [-0.2, 0) is 9.59 Å². The Morgan fingerprint density at radius 2 is 1.72 bits per heavy atom. The van der Waals surface area contributed by atoms with E-state index in [0.29, 0.717) is 25.7 Å². The molecule has 0 atom stereocenters. The van der Waals surface area contributed by atoms with E-state index in [1.807, 2.05) is 13.8 Å². The zero-order valence-corrected chi connectivity index (χ0v) is 11.2. The Labute approximate surface area is 108 Å². The molecule has 5 heteroatoms. The quantitative estimate of drug-likeness (QED) is 0.572. The van der Waals surface area contributed by atoms with Gasteiger partial charge in [0.05, 0.1) is 5.60 Å². The maximum Gasteiger partial charge on any atom is 0.319 e. The van der Waals surface area contributed by atoms with Gasteiger partial charge in [0.15, 0.2) is 0 Å². The average molecular weight is 257 g/mol. The molecule has 0 aromatic heterocycles. The first kappa shape index (κ1) is 15.0. The molecule has 5 nitrogen and oxygen atoms in total. The molecule has 0 aliphatic heterocycles. The fraction of sp³-hybridized carbons (Fsp3) is 0.846. The molecule has 0 aromatic rings. The van der Waals surface area contributed by atoms with Gasteiger partial charge < -0.3 is 15.5 Å². The molecular weight excluding hydrogens is 234 g/mol. The van der Waals surface area contributed by atoms with E-state index in [1.165, 1.54) is 0 Å². The van der Waals surface area contributed by atoms with E-state index in [4.69, 9.17) is 5.11 Å². The number of aliphatic carboxylic acids is 1. The number of carbonyl (C=O) groups excluding carboxylic acids is 1. The third-order valence-corrected chi connectivity index (χ3v) is 3.60. The zero-order chi connectivity index (χ0) is 13.8. The monoisotopic (exact) mass is 257 g/mol. The van der Waals surface area contributed by atoms with Crippen LogP contribution >= 0.6 is 0 Å². The molecule has 1 fully saturated rings. The molecule has 1 aliphatic rings. The summed E-state index contributed by atoms with van der Waals surface area (Å²) in [4.78, 5) is 22.8. The lowest BCUT2D eigenvalue weighted by atomic mass is 9.92. The summed E-state index contributed by atoms with van der Waals surface area (Å²) in [5.41, 5.74) is -2.13. The molecule has 0 radical (unpaired) electrons. The van der Waals surface area contributed by atoms with Gasteiger partial charge in [-0.2, -0.15) is 0 Å². The van der Waals surface area contributed by atoms with Crippen LogP contribution in [0.4, 0.5) is 0 Å². The Morgan fingerprint density at radius 3 is 2.06 bits per heavy atom. The molecule has 0 unspecified atom stereocenters. The van der Waals surface area contributed by atoms with Crippen LogP contribution in [0.5, 0.6) is 0 Å². The van der Waals surface area contributed by atoms with E-state index in [9.17, 15) is 14.7 Å². The van der Waals surface area contributed by atoms with Crippen LogP contribution in [0.25, 0.3) is 0 Å². The standard InChI is InChI=1S/C13H23NO4/c1-3-5-12(18,6-4-2)9-14-10(15)13(7-8-13)11(16)17/h18H,3-9H2,1-2H3,(H,14,15)(H,16,17). The lowest BCUT2D eigenvalue weighted by molar-refractivity contribution is -0.149. The van der Waals surface area contributed by atoms with Gasteiger partial charge in [-0.15, -0.1) is 0 Å². The molecule has 1 rings (SSSR count). The zero-order valence-electron chi connectivity index (χ0n) is 11.2. The van der Waals surface area contributed by atoms with E-state index < -0.39 is 22.9 Å². The molecule has 0 saturated heterocycles. The normalized spacial score (nSPS) is 17.3. The number of nitrogens with one attached hydrogen (secondary N) is 1. The minimum Gasteiger partial charge on any atom is -0.480 e. The molecule has 0 bridgehead atoms. The van der Waals surface area contributed by atoms with Crippen LogP contribution in [0.2, 0.25) is 0 Å². The van der Waals surface area contributed by atoms with Crippen molar-refractivity contribution in [1.82, 2.24) is 5.32 Å². The van der Waals surface area contributed by atoms with Crippen molar-refractivity contribution in [3.8, 4) is 0 Å². The number of amides is 1. The largest absolute Gasteiger partial charge is 0.480 e. The van der Waals surface area contributed by atoms with Crippen molar-refractivity contribution < 1.29 is 19.8 Å². The second kappa shape index (κ2) is 5.69. The minimum absolute atomic E-state index is 0.141. The molecule has 1 saturated carbocycles. The van der Waals surface area contributed by atoms with Crippen LogP contribution in [0.15, 0.2) is 0 Å². The Bertz CT molecular complexity index is 317. The van der Waals surface area contributed by atoms with Crippen molar-refractivity contribution in [2.24, 2.45) is 5.41 Å². The molecular formula is C13H23NO4. The molecule has 1 aliphatic carbocycles. The third-order valence-electron chi connectivity index (χ3n) is 3.60. The Hall–Kier alpha value is -1.10. The fourth-order valence-corrected chi connectivity index (χ4v) is 2.31. The van der Waals surface area contributed by atoms with E-state index in [0.717, 1.165) is 12.8 Å². The molecule has 1 amide bonds. The first-order valence-corrected chi connectivity index (χ1v) is 6.64. The maximum absolute atomic E-state index is 11.8. The smallest absolute Gasteiger partial charge is 0.319 e. The van der Waals surface area contributed by atoms with Crippen molar-refractivity contribution in [2.45, 2.75) is 58.0 Å². The van der Waals surface area contributed by atoms with Gasteiger partial charge in [0, 0.05) is 6.54 Å². The van der Waals surface area contributed by atoms with Crippen LogP contribution in [0.1, 0.15) is 52.4 Å². The highest BCUT2D eigenvalue weighted by molar-refractivity contribution is 6.04. The number of hydrogen-bond acceptors (Lipinski definition) is 3. The predicted octanol–water partition coefficient (Wildman–Crippen LogP) is 1.30. The first-order chi connectivity index (χ1) is 8.40. The van der Waals surface area contributed by atoms with Crippen molar-refractivity contribution in [1.29, 1.82) is 0 Å². The van der Waals surface area contributed by atoms with Gasteiger partial charge in [0.1, 0.15) is 5.41 Å². The highest BCUT2D eigenvalue weighted by Gasteiger charge is 2.57. The molecule has 104 valence electrons. The second-order valence-electron chi connectivity index (χ2n) is 5.29. The number of hydrogen-bond donors (Lipinski definition) is 3. The number of aliphatic hydroxyl groups is 1. The third kappa shape index (κ3) is 3.22. The summed E-state index contributed by atoms with van der Waals surface area (Å²) in [6.07, 6.45) is 3.68. The number of carbonyl (C=O) groups is 2. The second-order valence-corrected chi connectivity index (χ2v) is 5.29. The van der Waals surface area contributed by atoms with Gasteiger partial charge in [-0.3, -0.25) is 9.59 Å². The van der Waals surface area contributed by atoms with Gasteiger partial charge in [0.25, 0.3) is 0 Å². The summed E-state index contributed by atoms with van der Waals surface area (Å²) in [5.74, 6) is -1.52. The van der Waals surface area contributed by atoms with E-state index in [1.54, 1.807) is 0 Å².